The van der Waals surface area contributed by atoms with E-state index in [-0.39, 0.29) is 5.91 Å². The summed E-state index contributed by atoms with van der Waals surface area (Å²) in [6.07, 6.45) is 5.36. The number of hydrogen-bond donors (Lipinski definition) is 0. The summed E-state index contributed by atoms with van der Waals surface area (Å²) < 4.78 is 0. The van der Waals surface area contributed by atoms with Gasteiger partial charge in [0.05, 0.1) is 0 Å². The molecule has 0 unspecified atom stereocenters. The van der Waals surface area contributed by atoms with Crippen LogP contribution in [0.5, 0.6) is 0 Å². The van der Waals surface area contributed by atoms with Crippen molar-refractivity contribution < 1.29 is 4.79 Å². The lowest BCUT2D eigenvalue weighted by atomic mass is 10.2. The van der Waals surface area contributed by atoms with Gasteiger partial charge >= 0.3 is 0 Å². The number of unbranched alkanes of at least 4 members (excludes halogenated alkanes) is 1. The SMILES string of the molecule is CC(C)C.CCC/C=C(/C#N)C(=O)N(CCC)CCC. The maximum atomic E-state index is 12.0. The van der Waals surface area contributed by atoms with Gasteiger partial charge in [-0.15, -0.1) is 0 Å². The quantitative estimate of drug-likeness (QED) is 0.507. The van der Waals surface area contributed by atoms with Gasteiger partial charge < -0.3 is 4.90 Å². The smallest absolute Gasteiger partial charge is 0.264 e. The average Bonchev–Trinajstić information content (AvgIpc) is 2.38. The lowest BCUT2D eigenvalue weighted by molar-refractivity contribution is -0.126. The summed E-state index contributed by atoms with van der Waals surface area (Å²) in [6, 6.07) is 2.00. The molecule has 0 aliphatic heterocycles. The Bertz CT molecular complexity index is 305. The number of nitriles is 1. The van der Waals surface area contributed by atoms with Crippen LogP contribution >= 0.6 is 0 Å². The van der Waals surface area contributed by atoms with Crippen molar-refractivity contribution in [3.05, 3.63) is 11.6 Å². The molecule has 0 aromatic heterocycles. The Balaban J connectivity index is 0. The second-order valence-corrected chi connectivity index (χ2v) is 5.54. The molecular weight excluding hydrogens is 248 g/mol. The molecule has 1 amide bonds. The van der Waals surface area contributed by atoms with Crippen molar-refractivity contribution in [2.75, 3.05) is 13.1 Å². The van der Waals surface area contributed by atoms with E-state index in [2.05, 4.69) is 20.8 Å². The van der Waals surface area contributed by atoms with Crippen molar-refractivity contribution in [1.29, 1.82) is 5.26 Å². The van der Waals surface area contributed by atoms with Crippen molar-refractivity contribution in [2.24, 2.45) is 5.92 Å². The second kappa shape index (κ2) is 14.1. The van der Waals surface area contributed by atoms with Crippen LogP contribution < -0.4 is 0 Å². The summed E-state index contributed by atoms with van der Waals surface area (Å²) in [5, 5.41) is 8.94. The fourth-order valence-electron chi connectivity index (χ4n) is 1.49. The first kappa shape index (κ1) is 21.0. The van der Waals surface area contributed by atoms with E-state index in [0.717, 1.165) is 44.7 Å². The van der Waals surface area contributed by atoms with Gasteiger partial charge in [-0.3, -0.25) is 4.79 Å². The number of carbonyl (C=O) groups is 1. The fraction of sp³-hybridized carbons (Fsp3) is 0.765. The molecule has 0 aliphatic carbocycles. The molecule has 0 atom stereocenters. The van der Waals surface area contributed by atoms with Crippen LogP contribution in [0.2, 0.25) is 0 Å². The Hall–Kier alpha value is -1.30. The van der Waals surface area contributed by atoms with Crippen LogP contribution in [0.25, 0.3) is 0 Å². The van der Waals surface area contributed by atoms with E-state index < -0.39 is 0 Å². The largest absolute Gasteiger partial charge is 0.338 e. The molecule has 3 nitrogen and oxygen atoms in total. The molecule has 0 N–H and O–H groups in total. The molecule has 0 saturated carbocycles. The van der Waals surface area contributed by atoms with Gasteiger partial charge in [0, 0.05) is 13.1 Å². The third kappa shape index (κ3) is 11.8. The highest BCUT2D eigenvalue weighted by Gasteiger charge is 2.15. The standard InChI is InChI=1S/C13H22N2O.C4H10/c1-4-7-8-12(11-14)13(16)15(9-5-2)10-6-3;1-4(2)3/h8H,4-7,9-10H2,1-3H3;4H,1-3H3/b12-8-;. The van der Waals surface area contributed by atoms with Crippen LogP contribution in [0.4, 0.5) is 0 Å². The average molecular weight is 280 g/mol. The lowest BCUT2D eigenvalue weighted by Gasteiger charge is -2.20. The first-order valence-electron chi connectivity index (χ1n) is 7.83. The Morgan fingerprint density at radius 3 is 1.85 bits per heavy atom. The molecule has 20 heavy (non-hydrogen) atoms. The van der Waals surface area contributed by atoms with Gasteiger partial charge in [0.2, 0.25) is 0 Å². The summed E-state index contributed by atoms with van der Waals surface area (Å²) in [6.45, 7) is 14.1. The van der Waals surface area contributed by atoms with E-state index in [9.17, 15) is 4.79 Å². The van der Waals surface area contributed by atoms with Crippen LogP contribution in [0.3, 0.4) is 0 Å². The van der Waals surface area contributed by atoms with E-state index in [1.165, 1.54) is 0 Å². The third-order valence-corrected chi connectivity index (χ3v) is 2.26. The number of hydrogen-bond acceptors (Lipinski definition) is 2. The summed E-state index contributed by atoms with van der Waals surface area (Å²) in [4.78, 5) is 13.8. The van der Waals surface area contributed by atoms with E-state index >= 15 is 0 Å². The maximum Gasteiger partial charge on any atom is 0.264 e. The van der Waals surface area contributed by atoms with Gasteiger partial charge in [-0.05, 0) is 25.2 Å². The van der Waals surface area contributed by atoms with Crippen molar-refractivity contribution in [3.8, 4) is 6.07 Å². The Kier molecular flexibility index (Phi) is 14.8. The van der Waals surface area contributed by atoms with Crippen molar-refractivity contribution in [3.63, 3.8) is 0 Å². The molecule has 0 aliphatic rings. The van der Waals surface area contributed by atoms with Crippen LogP contribution in [0.1, 0.15) is 67.2 Å². The molecule has 0 heterocycles. The molecule has 0 radical (unpaired) electrons. The minimum absolute atomic E-state index is 0.111. The Morgan fingerprint density at radius 1 is 1.10 bits per heavy atom. The van der Waals surface area contributed by atoms with Crippen LogP contribution in [0.15, 0.2) is 11.6 Å². The molecule has 3 heteroatoms. The summed E-state index contributed by atoms with van der Waals surface area (Å²) in [5.41, 5.74) is 0.295. The molecule has 0 spiro atoms. The van der Waals surface area contributed by atoms with E-state index in [0.29, 0.717) is 5.57 Å². The molecule has 0 bridgehead atoms. The summed E-state index contributed by atoms with van der Waals surface area (Å²) >= 11 is 0. The topological polar surface area (TPSA) is 44.1 Å². The highest BCUT2D eigenvalue weighted by molar-refractivity contribution is 5.97. The first-order valence-corrected chi connectivity index (χ1v) is 7.83. The highest BCUT2D eigenvalue weighted by atomic mass is 16.2. The van der Waals surface area contributed by atoms with Crippen molar-refractivity contribution in [2.45, 2.75) is 67.2 Å². The zero-order chi connectivity index (χ0) is 16.0. The zero-order valence-electron chi connectivity index (χ0n) is 14.2. The molecule has 0 aromatic rings. The monoisotopic (exact) mass is 280 g/mol. The molecule has 0 aromatic carbocycles. The second-order valence-electron chi connectivity index (χ2n) is 5.54. The van der Waals surface area contributed by atoms with Crippen molar-refractivity contribution >= 4 is 5.91 Å². The van der Waals surface area contributed by atoms with Gasteiger partial charge in [0.25, 0.3) is 5.91 Å². The number of allylic oxidation sites excluding steroid dienone is 1. The minimum atomic E-state index is -0.111. The number of amides is 1. The lowest BCUT2D eigenvalue weighted by Crippen LogP contribution is -2.33. The first-order chi connectivity index (χ1) is 9.44. The van der Waals surface area contributed by atoms with Gasteiger partial charge in [-0.25, -0.2) is 0 Å². The Labute approximate surface area is 125 Å². The predicted molar refractivity (Wildman–Crippen MR) is 86.3 cm³/mol. The highest BCUT2D eigenvalue weighted by Crippen LogP contribution is 2.05. The van der Waals surface area contributed by atoms with E-state index in [4.69, 9.17) is 5.26 Å². The zero-order valence-corrected chi connectivity index (χ0v) is 14.2. The normalized spacial score (nSPS) is 10.6. The van der Waals surface area contributed by atoms with Crippen molar-refractivity contribution in [1.82, 2.24) is 4.90 Å². The van der Waals surface area contributed by atoms with Crippen LogP contribution in [-0.2, 0) is 4.79 Å². The number of nitrogens with zero attached hydrogens (tertiary/aromatic N) is 2. The molecule has 116 valence electrons. The van der Waals surface area contributed by atoms with Gasteiger partial charge in [0.1, 0.15) is 11.6 Å². The Morgan fingerprint density at radius 2 is 1.55 bits per heavy atom. The maximum absolute atomic E-state index is 12.0. The molecule has 0 saturated heterocycles. The van der Waals surface area contributed by atoms with E-state index in [1.54, 1.807) is 11.0 Å². The van der Waals surface area contributed by atoms with Crippen LogP contribution in [0, 0.1) is 17.2 Å². The van der Waals surface area contributed by atoms with Crippen LogP contribution in [-0.4, -0.2) is 23.9 Å². The fourth-order valence-corrected chi connectivity index (χ4v) is 1.49. The molecular formula is C17H32N2O. The molecule has 0 rings (SSSR count). The van der Waals surface area contributed by atoms with Gasteiger partial charge in [0.15, 0.2) is 0 Å². The minimum Gasteiger partial charge on any atom is -0.338 e. The number of rotatable bonds is 7. The summed E-state index contributed by atoms with van der Waals surface area (Å²) in [7, 11) is 0. The van der Waals surface area contributed by atoms with E-state index in [1.807, 2.05) is 26.8 Å². The predicted octanol–water partition coefficient (Wildman–Crippen LogP) is 4.55. The van der Waals surface area contributed by atoms with Gasteiger partial charge in [-0.1, -0.05) is 54.0 Å². The van der Waals surface area contributed by atoms with Gasteiger partial charge in [-0.2, -0.15) is 5.26 Å². The third-order valence-electron chi connectivity index (χ3n) is 2.26. The number of carbonyl (C=O) groups excluding carboxylic acids is 1. The summed E-state index contributed by atoms with van der Waals surface area (Å²) in [5.74, 6) is 0.722. The molecule has 0 fully saturated rings.